The van der Waals surface area contributed by atoms with E-state index in [0.29, 0.717) is 41.5 Å². The fourth-order valence-electron chi connectivity index (χ4n) is 8.09. The van der Waals surface area contributed by atoms with Crippen molar-refractivity contribution in [2.45, 2.75) is 50.1 Å². The van der Waals surface area contributed by atoms with E-state index in [2.05, 4.69) is 23.8 Å². The standard InChI is InChI=1S/C39H36F2N6O2Si/c1-39(2,50(49,28-10-6-4-7-11-28)29-12-8-5-9-13-29)22-25-14-19-33(31-20-26(40)15-17-30(25)31)47-36-35(45(3)38(47)48)23-42-37(44-36)46-24-43-32-18-16-27(41)21-34(32)46/h4-13,15-18,20-21,23-25,33,49H,14,19,22H2,1-3H3/t25-,33+/m0/s1. The van der Waals surface area contributed by atoms with Gasteiger partial charge in [-0.3, -0.25) is 13.7 Å². The third kappa shape index (κ3) is 5.02. The third-order valence-corrected chi connectivity index (χ3v) is 15.1. The molecule has 8 nitrogen and oxygen atoms in total. The Morgan fingerprint density at radius 3 is 2.20 bits per heavy atom. The van der Waals surface area contributed by atoms with Crippen molar-refractivity contribution >= 4 is 40.9 Å². The van der Waals surface area contributed by atoms with Gasteiger partial charge in [0.1, 0.15) is 23.5 Å². The van der Waals surface area contributed by atoms with E-state index in [4.69, 9.17) is 4.98 Å². The minimum absolute atomic E-state index is 0.00590. The van der Waals surface area contributed by atoms with Crippen LogP contribution in [0, 0.1) is 11.6 Å². The summed E-state index contributed by atoms with van der Waals surface area (Å²) in [6, 6.07) is 28.6. The maximum Gasteiger partial charge on any atom is 0.330 e. The fraction of sp³-hybridized carbons (Fsp3) is 0.231. The number of fused-ring (bicyclic) bond motifs is 3. The topological polar surface area (TPSA) is 90.8 Å². The highest BCUT2D eigenvalue weighted by Gasteiger charge is 2.51. The van der Waals surface area contributed by atoms with Crippen LogP contribution in [0.4, 0.5) is 8.78 Å². The van der Waals surface area contributed by atoms with Crippen molar-refractivity contribution in [3.05, 3.63) is 143 Å². The van der Waals surface area contributed by atoms with E-state index in [1.165, 1.54) is 35.2 Å². The van der Waals surface area contributed by atoms with Crippen LogP contribution in [-0.4, -0.2) is 41.8 Å². The van der Waals surface area contributed by atoms with Crippen LogP contribution in [-0.2, 0) is 7.05 Å². The molecular weight excluding hydrogens is 651 g/mol. The van der Waals surface area contributed by atoms with Gasteiger partial charge in [-0.05, 0) is 76.0 Å². The molecule has 7 aromatic rings. The van der Waals surface area contributed by atoms with E-state index >= 15 is 4.39 Å². The average Bonchev–Trinajstić information content (AvgIpc) is 3.65. The molecule has 4 aromatic carbocycles. The van der Waals surface area contributed by atoms with Crippen LogP contribution < -0.4 is 16.1 Å². The number of imidazole rings is 2. The Morgan fingerprint density at radius 1 is 0.840 bits per heavy atom. The third-order valence-electron chi connectivity index (χ3n) is 10.6. The van der Waals surface area contributed by atoms with Crippen LogP contribution in [0.2, 0.25) is 5.04 Å². The van der Waals surface area contributed by atoms with E-state index < -0.39 is 25.2 Å². The lowest BCUT2D eigenvalue weighted by Crippen LogP contribution is -2.65. The van der Waals surface area contributed by atoms with Gasteiger partial charge in [-0.25, -0.2) is 23.5 Å². The second kappa shape index (κ2) is 12.0. The number of hydrogen-bond acceptors (Lipinski definition) is 5. The average molecular weight is 687 g/mol. The molecular formula is C39H36F2N6O2Si. The molecule has 1 N–H and O–H groups in total. The molecule has 0 saturated heterocycles. The van der Waals surface area contributed by atoms with Crippen molar-refractivity contribution in [1.82, 2.24) is 28.7 Å². The smallest absolute Gasteiger partial charge is 0.330 e. The molecule has 0 aliphatic heterocycles. The minimum Gasteiger partial charge on any atom is -0.424 e. The SMILES string of the molecule is Cn1c(=O)n([C@@H]2CC[C@@H](CC(C)(C)[Si](O)(c3ccccc3)c3ccccc3)c3ccc(F)cc32)c2nc(-n3cnc4ccc(F)cc43)ncc21. The molecule has 0 radical (unpaired) electrons. The summed E-state index contributed by atoms with van der Waals surface area (Å²) in [5.41, 5.74) is 3.41. The van der Waals surface area contributed by atoms with Crippen LogP contribution >= 0.6 is 0 Å². The summed E-state index contributed by atoms with van der Waals surface area (Å²) in [7, 11) is -1.63. The molecule has 0 saturated carbocycles. The first-order valence-electron chi connectivity index (χ1n) is 16.8. The normalized spacial score (nSPS) is 16.6. The van der Waals surface area contributed by atoms with E-state index in [-0.39, 0.29) is 23.4 Å². The molecule has 1 aliphatic carbocycles. The lowest BCUT2D eigenvalue weighted by molar-refractivity contribution is 0.375. The summed E-state index contributed by atoms with van der Waals surface area (Å²) >= 11 is 0. The van der Waals surface area contributed by atoms with Crippen LogP contribution in [0.25, 0.3) is 28.1 Å². The van der Waals surface area contributed by atoms with E-state index in [1.54, 1.807) is 28.4 Å². The van der Waals surface area contributed by atoms with Gasteiger partial charge >= 0.3 is 5.69 Å². The molecule has 252 valence electrons. The maximum absolute atomic E-state index is 15.1. The molecule has 11 heteroatoms. The number of benzene rings is 4. The zero-order chi connectivity index (χ0) is 34.8. The van der Waals surface area contributed by atoms with E-state index in [1.807, 2.05) is 66.7 Å². The predicted molar refractivity (Wildman–Crippen MR) is 193 cm³/mol. The van der Waals surface area contributed by atoms with Crippen molar-refractivity contribution in [1.29, 1.82) is 0 Å². The molecule has 2 atom stereocenters. The summed E-state index contributed by atoms with van der Waals surface area (Å²) in [6.07, 6.45) is 5.05. The van der Waals surface area contributed by atoms with Gasteiger partial charge in [-0.1, -0.05) is 80.6 Å². The first kappa shape index (κ1) is 32.0. The summed E-state index contributed by atoms with van der Waals surface area (Å²) in [5.74, 6) is -0.551. The predicted octanol–water partition coefficient (Wildman–Crippen LogP) is 6.14. The Bertz CT molecular complexity index is 2400. The van der Waals surface area contributed by atoms with Crippen molar-refractivity contribution in [2.75, 3.05) is 0 Å². The Kier molecular flexibility index (Phi) is 7.65. The number of hydrogen-bond donors (Lipinski definition) is 1. The number of rotatable bonds is 7. The molecule has 0 unspecified atom stereocenters. The van der Waals surface area contributed by atoms with Gasteiger partial charge in [0.15, 0.2) is 5.65 Å². The molecule has 8 rings (SSSR count). The van der Waals surface area contributed by atoms with Gasteiger partial charge in [0.05, 0.1) is 23.3 Å². The Balaban J connectivity index is 1.22. The molecule has 0 fully saturated rings. The summed E-state index contributed by atoms with van der Waals surface area (Å²) < 4.78 is 34.1. The van der Waals surface area contributed by atoms with Gasteiger partial charge in [0, 0.05) is 13.1 Å². The Hall–Kier alpha value is -5.26. The minimum atomic E-state index is -3.30. The summed E-state index contributed by atoms with van der Waals surface area (Å²) in [5, 5.41) is 1.36. The number of aromatic nitrogens is 6. The van der Waals surface area contributed by atoms with Gasteiger partial charge in [-0.15, -0.1) is 0 Å². The van der Waals surface area contributed by atoms with E-state index in [9.17, 15) is 14.0 Å². The number of halogens is 2. The lowest BCUT2D eigenvalue weighted by Gasteiger charge is -2.44. The molecule has 3 aromatic heterocycles. The summed E-state index contributed by atoms with van der Waals surface area (Å²) in [6.45, 7) is 4.29. The largest absolute Gasteiger partial charge is 0.424 e. The maximum atomic E-state index is 15.1. The Labute approximate surface area is 288 Å². The van der Waals surface area contributed by atoms with Crippen molar-refractivity contribution in [3.8, 4) is 5.95 Å². The molecule has 0 bridgehead atoms. The zero-order valence-electron chi connectivity index (χ0n) is 28.0. The van der Waals surface area contributed by atoms with Crippen molar-refractivity contribution in [2.24, 2.45) is 7.05 Å². The highest BCUT2D eigenvalue weighted by molar-refractivity contribution is 6.98. The molecule has 3 heterocycles. The van der Waals surface area contributed by atoms with Crippen LogP contribution in [0.1, 0.15) is 56.2 Å². The monoisotopic (exact) mass is 686 g/mol. The highest BCUT2D eigenvalue weighted by atomic mass is 28.4. The van der Waals surface area contributed by atoms with Crippen molar-refractivity contribution < 1.29 is 13.6 Å². The lowest BCUT2D eigenvalue weighted by atomic mass is 9.76. The number of nitrogens with zero attached hydrogens (tertiary/aromatic N) is 6. The second-order valence-electron chi connectivity index (χ2n) is 13.9. The Morgan fingerprint density at radius 2 is 1.50 bits per heavy atom. The van der Waals surface area contributed by atoms with Crippen molar-refractivity contribution in [3.63, 3.8) is 0 Å². The van der Waals surface area contributed by atoms with Crippen LogP contribution in [0.15, 0.2) is 114 Å². The fourth-order valence-corrected chi connectivity index (χ4v) is 11.9. The molecule has 50 heavy (non-hydrogen) atoms. The molecule has 0 amide bonds. The summed E-state index contributed by atoms with van der Waals surface area (Å²) in [4.78, 5) is 40.5. The molecule has 1 aliphatic rings. The van der Waals surface area contributed by atoms with Crippen LogP contribution in [0.5, 0.6) is 0 Å². The zero-order valence-corrected chi connectivity index (χ0v) is 29.0. The first-order chi connectivity index (χ1) is 24.1. The molecule has 0 spiro atoms. The van der Waals surface area contributed by atoms with Gasteiger partial charge in [0.2, 0.25) is 5.95 Å². The quantitative estimate of drug-likeness (QED) is 0.204. The van der Waals surface area contributed by atoms with Gasteiger partial charge in [0.25, 0.3) is 8.32 Å². The van der Waals surface area contributed by atoms with Gasteiger partial charge < -0.3 is 4.80 Å². The first-order valence-corrected chi connectivity index (χ1v) is 18.7. The van der Waals surface area contributed by atoms with Gasteiger partial charge in [-0.2, -0.15) is 4.98 Å². The highest BCUT2D eigenvalue weighted by Crippen LogP contribution is 2.50. The van der Waals surface area contributed by atoms with Crippen LogP contribution in [0.3, 0.4) is 0 Å². The second-order valence-corrected chi connectivity index (χ2v) is 17.9. The van der Waals surface area contributed by atoms with E-state index in [0.717, 1.165) is 21.5 Å². The number of aryl methyl sites for hydroxylation is 1.